The van der Waals surface area contributed by atoms with E-state index in [2.05, 4.69) is 21.4 Å². The predicted octanol–water partition coefficient (Wildman–Crippen LogP) is 2.09. The molecule has 144 valence electrons. The summed E-state index contributed by atoms with van der Waals surface area (Å²) in [7, 11) is 1.71. The lowest BCUT2D eigenvalue weighted by Gasteiger charge is -2.50. The van der Waals surface area contributed by atoms with Crippen LogP contribution in [0.2, 0.25) is 0 Å². The van der Waals surface area contributed by atoms with Gasteiger partial charge in [-0.15, -0.1) is 0 Å². The monoisotopic (exact) mass is 371 g/mol. The number of carbonyl (C=O) groups excluding carboxylic acids is 1. The quantitative estimate of drug-likeness (QED) is 0.803. The fraction of sp³-hybridized carbons (Fsp3) is 0.500. The van der Waals surface area contributed by atoms with Crippen LogP contribution in [-0.4, -0.2) is 54.9 Å². The lowest BCUT2D eigenvalue weighted by atomic mass is 9.78. The Morgan fingerprint density at radius 3 is 3.00 bits per heavy atom. The van der Waals surface area contributed by atoms with Crippen LogP contribution >= 0.6 is 0 Å². The highest BCUT2D eigenvalue weighted by molar-refractivity contribution is 5.91. The molecule has 0 unspecified atom stereocenters. The molecule has 1 aromatic carbocycles. The average molecular weight is 371 g/mol. The zero-order chi connectivity index (χ0) is 18.7. The molecule has 1 N–H and O–H groups in total. The predicted molar refractivity (Wildman–Crippen MR) is 98.5 cm³/mol. The van der Waals surface area contributed by atoms with E-state index >= 15 is 0 Å². The van der Waals surface area contributed by atoms with Crippen molar-refractivity contribution in [3.05, 3.63) is 47.9 Å². The number of para-hydroxylation sites is 1. The van der Waals surface area contributed by atoms with Crippen LogP contribution in [0, 0.1) is 5.92 Å². The summed E-state index contributed by atoms with van der Waals surface area (Å²) in [4.78, 5) is 14.3. The second-order valence-electron chi connectivity index (χ2n) is 7.28. The molecule has 1 atom stereocenters. The molecule has 0 radical (unpaired) electrons. The Labute approximate surface area is 158 Å². The minimum atomic E-state index is -0.216. The third-order valence-electron chi connectivity index (χ3n) is 5.61. The third-order valence-corrected chi connectivity index (χ3v) is 5.61. The average Bonchev–Trinajstić information content (AvgIpc) is 3.32. The van der Waals surface area contributed by atoms with E-state index in [1.54, 1.807) is 13.2 Å². The number of likely N-dealkylation sites (tertiary alicyclic amines) is 1. The highest BCUT2D eigenvalue weighted by atomic mass is 16.5. The molecule has 1 amide bonds. The number of hydrogen-bond acceptors (Lipinski definition) is 6. The summed E-state index contributed by atoms with van der Waals surface area (Å²) in [6.07, 6.45) is 3.42. The van der Waals surface area contributed by atoms with E-state index in [9.17, 15) is 4.79 Å². The molecule has 2 aliphatic heterocycles. The van der Waals surface area contributed by atoms with Gasteiger partial charge in [0.25, 0.3) is 5.91 Å². The Kier molecular flexibility index (Phi) is 5.13. The summed E-state index contributed by atoms with van der Waals surface area (Å²) < 4.78 is 16.5. The first-order valence-corrected chi connectivity index (χ1v) is 9.37. The van der Waals surface area contributed by atoms with Crippen molar-refractivity contribution < 1.29 is 18.8 Å². The van der Waals surface area contributed by atoms with Gasteiger partial charge in [-0.05, 0) is 24.8 Å². The van der Waals surface area contributed by atoms with Gasteiger partial charge in [-0.1, -0.05) is 23.4 Å². The minimum Gasteiger partial charge on any atom is -0.496 e. The van der Waals surface area contributed by atoms with Crippen LogP contribution in [0.5, 0.6) is 5.75 Å². The molecule has 2 aromatic rings. The van der Waals surface area contributed by atoms with Gasteiger partial charge in [0.05, 0.1) is 18.9 Å². The van der Waals surface area contributed by atoms with Crippen molar-refractivity contribution in [2.45, 2.75) is 25.0 Å². The number of ether oxygens (including phenoxy) is 2. The normalized spacial score (nSPS) is 21.1. The van der Waals surface area contributed by atoms with E-state index in [0.29, 0.717) is 12.5 Å². The summed E-state index contributed by atoms with van der Waals surface area (Å²) in [5.74, 6) is 1.42. The molecule has 7 heteroatoms. The first kappa shape index (κ1) is 18.0. The molecule has 2 aliphatic rings. The van der Waals surface area contributed by atoms with Gasteiger partial charge in [-0.25, -0.2) is 0 Å². The zero-order valence-corrected chi connectivity index (χ0v) is 15.5. The van der Waals surface area contributed by atoms with Gasteiger partial charge in [-0.3, -0.25) is 9.69 Å². The second-order valence-corrected chi connectivity index (χ2v) is 7.28. The molecule has 0 aliphatic carbocycles. The SMILES string of the molecule is COc1ccccc1CN1CC2(C1)OCC[C@H]2CCNC(=O)c1ccno1. The third kappa shape index (κ3) is 3.70. The number of methoxy groups -OCH3 is 1. The fourth-order valence-corrected chi connectivity index (χ4v) is 4.22. The smallest absolute Gasteiger partial charge is 0.289 e. The number of benzene rings is 1. The number of hydrogen-bond donors (Lipinski definition) is 1. The molecule has 1 aromatic heterocycles. The molecule has 2 fully saturated rings. The van der Waals surface area contributed by atoms with E-state index in [1.807, 2.05) is 18.2 Å². The number of nitrogens with zero attached hydrogens (tertiary/aromatic N) is 2. The largest absolute Gasteiger partial charge is 0.496 e. The van der Waals surface area contributed by atoms with Crippen LogP contribution in [0.15, 0.2) is 41.1 Å². The van der Waals surface area contributed by atoms with Crippen molar-refractivity contribution in [3.63, 3.8) is 0 Å². The number of amides is 1. The number of aromatic nitrogens is 1. The molecular formula is C20H25N3O4. The van der Waals surface area contributed by atoms with Crippen LogP contribution < -0.4 is 10.1 Å². The van der Waals surface area contributed by atoms with Crippen LogP contribution in [0.3, 0.4) is 0 Å². The molecule has 0 saturated carbocycles. The van der Waals surface area contributed by atoms with Crippen LogP contribution in [0.4, 0.5) is 0 Å². The van der Waals surface area contributed by atoms with Gasteiger partial charge in [0.15, 0.2) is 0 Å². The van der Waals surface area contributed by atoms with Gasteiger partial charge >= 0.3 is 0 Å². The second kappa shape index (κ2) is 7.70. The van der Waals surface area contributed by atoms with Crippen molar-refractivity contribution in [2.24, 2.45) is 5.92 Å². The van der Waals surface area contributed by atoms with Crippen molar-refractivity contribution in [1.82, 2.24) is 15.4 Å². The van der Waals surface area contributed by atoms with E-state index in [0.717, 1.165) is 44.8 Å². The van der Waals surface area contributed by atoms with Gasteiger partial charge in [0.2, 0.25) is 5.76 Å². The first-order chi connectivity index (χ1) is 13.2. The van der Waals surface area contributed by atoms with Crippen molar-refractivity contribution in [1.29, 1.82) is 0 Å². The summed E-state index contributed by atoms with van der Waals surface area (Å²) in [5, 5.41) is 6.46. The maximum Gasteiger partial charge on any atom is 0.289 e. The van der Waals surface area contributed by atoms with Crippen LogP contribution in [0.25, 0.3) is 0 Å². The highest BCUT2D eigenvalue weighted by Crippen LogP contribution is 2.42. The summed E-state index contributed by atoms with van der Waals surface area (Å²) in [6, 6.07) is 9.70. The molecule has 7 nitrogen and oxygen atoms in total. The van der Waals surface area contributed by atoms with Crippen molar-refractivity contribution >= 4 is 5.91 Å². The molecule has 2 saturated heterocycles. The van der Waals surface area contributed by atoms with Gasteiger partial charge in [0, 0.05) is 44.4 Å². The molecule has 0 bridgehead atoms. The lowest BCUT2D eigenvalue weighted by Crippen LogP contribution is -2.64. The lowest BCUT2D eigenvalue weighted by molar-refractivity contribution is -0.136. The van der Waals surface area contributed by atoms with Crippen LogP contribution in [0.1, 0.15) is 29.0 Å². The first-order valence-electron chi connectivity index (χ1n) is 9.37. The Morgan fingerprint density at radius 2 is 2.22 bits per heavy atom. The standard InChI is InChI=1S/C20H25N3O4/c1-25-17-5-3-2-4-15(17)12-23-13-20(14-23)16(8-11-26-20)6-9-21-19(24)18-7-10-22-27-18/h2-5,7,10,16H,6,8-9,11-14H2,1H3,(H,21,24)/t16-/m1/s1. The topological polar surface area (TPSA) is 76.8 Å². The van der Waals surface area contributed by atoms with Gasteiger partial charge in [0.1, 0.15) is 5.75 Å². The van der Waals surface area contributed by atoms with E-state index in [1.165, 1.54) is 11.8 Å². The molecule has 1 spiro atoms. The fourth-order valence-electron chi connectivity index (χ4n) is 4.22. The Bertz CT molecular complexity index is 771. The highest BCUT2D eigenvalue weighted by Gasteiger charge is 2.52. The summed E-state index contributed by atoms with van der Waals surface area (Å²) in [5.41, 5.74) is 1.13. The molecule has 3 heterocycles. The van der Waals surface area contributed by atoms with E-state index < -0.39 is 0 Å². The Balaban J connectivity index is 1.27. The summed E-state index contributed by atoms with van der Waals surface area (Å²) in [6.45, 7) is 4.12. The molecule has 27 heavy (non-hydrogen) atoms. The number of carbonyl (C=O) groups is 1. The Morgan fingerprint density at radius 1 is 1.37 bits per heavy atom. The zero-order valence-electron chi connectivity index (χ0n) is 15.5. The Hall–Kier alpha value is -2.38. The van der Waals surface area contributed by atoms with E-state index in [4.69, 9.17) is 14.0 Å². The minimum absolute atomic E-state index is 0.0705. The van der Waals surface area contributed by atoms with Crippen molar-refractivity contribution in [3.8, 4) is 5.75 Å². The maximum absolute atomic E-state index is 11.9. The van der Waals surface area contributed by atoms with Gasteiger partial charge in [-0.2, -0.15) is 0 Å². The summed E-state index contributed by atoms with van der Waals surface area (Å²) >= 11 is 0. The maximum atomic E-state index is 11.9. The number of nitrogens with one attached hydrogen (secondary N) is 1. The molecule has 4 rings (SSSR count). The van der Waals surface area contributed by atoms with Crippen LogP contribution in [-0.2, 0) is 11.3 Å². The van der Waals surface area contributed by atoms with Gasteiger partial charge < -0.3 is 19.3 Å². The number of rotatable bonds is 7. The van der Waals surface area contributed by atoms with Crippen molar-refractivity contribution in [2.75, 3.05) is 33.4 Å². The van der Waals surface area contributed by atoms with E-state index in [-0.39, 0.29) is 17.3 Å². The molecular weight excluding hydrogens is 346 g/mol.